The van der Waals surface area contributed by atoms with E-state index >= 15 is 0 Å². The maximum Gasteiger partial charge on any atom is 0.110 e. The molecule has 1 aliphatic rings. The fraction of sp³-hybridized carbons (Fsp3) is 0.625. The minimum atomic E-state index is 0.407. The minimum Gasteiger partial charge on any atom is -0.370 e. The van der Waals surface area contributed by atoms with Crippen molar-refractivity contribution in [1.82, 2.24) is 9.78 Å². The Balaban J connectivity index is 2.47. The molecule has 1 aromatic heterocycles. The second kappa shape index (κ2) is 2.85. The highest BCUT2D eigenvalue weighted by atomic mass is 79.9. The number of halogens is 1. The molecule has 0 fully saturated rings. The molecule has 66 valence electrons. The molecule has 12 heavy (non-hydrogen) atoms. The molecule has 2 heterocycles. The summed E-state index contributed by atoms with van der Waals surface area (Å²) in [6, 6.07) is 0.407. The molecule has 0 bridgehead atoms. The molecule has 0 saturated carbocycles. The summed E-state index contributed by atoms with van der Waals surface area (Å²) in [5, 5.41) is 4.43. The highest BCUT2D eigenvalue weighted by Gasteiger charge is 2.21. The maximum absolute atomic E-state index is 5.26. The summed E-state index contributed by atoms with van der Waals surface area (Å²) in [5.41, 5.74) is 2.29. The summed E-state index contributed by atoms with van der Waals surface area (Å²) in [6.45, 7) is 5.60. The maximum atomic E-state index is 5.26. The first kappa shape index (κ1) is 8.26. The van der Waals surface area contributed by atoms with E-state index in [4.69, 9.17) is 4.74 Å². The van der Waals surface area contributed by atoms with Gasteiger partial charge in [0.25, 0.3) is 0 Å². The molecule has 0 N–H and O–H groups in total. The zero-order chi connectivity index (χ0) is 8.72. The summed E-state index contributed by atoms with van der Waals surface area (Å²) < 4.78 is 8.33. The Labute approximate surface area is 79.8 Å². The second-order valence-electron chi connectivity index (χ2n) is 3.25. The van der Waals surface area contributed by atoms with Crippen molar-refractivity contribution in [3.05, 3.63) is 15.9 Å². The van der Waals surface area contributed by atoms with E-state index in [1.807, 2.05) is 4.68 Å². The third kappa shape index (κ3) is 1.10. The molecule has 1 aromatic rings. The highest BCUT2D eigenvalue weighted by molar-refractivity contribution is 9.10. The van der Waals surface area contributed by atoms with Crippen molar-refractivity contribution in [2.75, 3.05) is 0 Å². The number of rotatable bonds is 1. The lowest BCUT2D eigenvalue weighted by Crippen LogP contribution is -2.04. The van der Waals surface area contributed by atoms with Crippen LogP contribution in [-0.2, 0) is 18.0 Å². The van der Waals surface area contributed by atoms with Gasteiger partial charge in [0.2, 0.25) is 0 Å². The van der Waals surface area contributed by atoms with Crippen LogP contribution in [0, 0.1) is 0 Å². The van der Waals surface area contributed by atoms with Gasteiger partial charge in [-0.25, -0.2) is 0 Å². The summed E-state index contributed by atoms with van der Waals surface area (Å²) in [6.07, 6.45) is 0. The quantitative estimate of drug-likeness (QED) is 0.741. The standard InChI is InChI=1S/C8H11BrN2O/c1-5(2)11-8(9)6-3-12-4-7(6)10-11/h5H,3-4H2,1-2H3. The van der Waals surface area contributed by atoms with Crippen LogP contribution in [0.1, 0.15) is 31.1 Å². The van der Waals surface area contributed by atoms with Crippen LogP contribution in [0.2, 0.25) is 0 Å². The monoisotopic (exact) mass is 230 g/mol. The predicted molar refractivity (Wildman–Crippen MR) is 48.8 cm³/mol. The molecule has 1 aliphatic heterocycles. The number of ether oxygens (including phenoxy) is 1. The van der Waals surface area contributed by atoms with Crippen LogP contribution in [-0.4, -0.2) is 9.78 Å². The number of fused-ring (bicyclic) bond motifs is 1. The molecule has 0 saturated heterocycles. The minimum absolute atomic E-state index is 0.407. The SMILES string of the molecule is CC(C)n1nc2c(c1Br)COC2. The van der Waals surface area contributed by atoms with Gasteiger partial charge < -0.3 is 4.74 Å². The Kier molecular flexibility index (Phi) is 1.96. The van der Waals surface area contributed by atoms with Crippen LogP contribution in [0.3, 0.4) is 0 Å². The molecule has 3 nitrogen and oxygen atoms in total. The van der Waals surface area contributed by atoms with Crippen LogP contribution < -0.4 is 0 Å². The predicted octanol–water partition coefficient (Wildman–Crippen LogP) is 2.26. The Morgan fingerprint density at radius 2 is 2.25 bits per heavy atom. The number of aromatic nitrogens is 2. The van der Waals surface area contributed by atoms with Gasteiger partial charge >= 0.3 is 0 Å². The first-order chi connectivity index (χ1) is 5.70. The Morgan fingerprint density at radius 3 is 2.83 bits per heavy atom. The van der Waals surface area contributed by atoms with Crippen molar-refractivity contribution in [1.29, 1.82) is 0 Å². The van der Waals surface area contributed by atoms with E-state index in [0.717, 1.165) is 10.3 Å². The van der Waals surface area contributed by atoms with Crippen LogP contribution in [0.15, 0.2) is 4.60 Å². The van der Waals surface area contributed by atoms with Crippen molar-refractivity contribution < 1.29 is 4.74 Å². The molecule has 0 atom stereocenters. The van der Waals surface area contributed by atoms with Crippen LogP contribution >= 0.6 is 15.9 Å². The Morgan fingerprint density at radius 1 is 1.50 bits per heavy atom. The molecule has 0 aromatic carbocycles. The van der Waals surface area contributed by atoms with Gasteiger partial charge in [-0.3, -0.25) is 4.68 Å². The van der Waals surface area contributed by atoms with Gasteiger partial charge in [-0.2, -0.15) is 5.10 Å². The zero-order valence-electron chi connectivity index (χ0n) is 7.17. The van der Waals surface area contributed by atoms with Crippen molar-refractivity contribution in [3.63, 3.8) is 0 Å². The van der Waals surface area contributed by atoms with Crippen molar-refractivity contribution in [2.24, 2.45) is 0 Å². The van der Waals surface area contributed by atoms with Crippen molar-refractivity contribution in [2.45, 2.75) is 33.1 Å². The van der Waals surface area contributed by atoms with E-state index < -0.39 is 0 Å². The molecular weight excluding hydrogens is 220 g/mol. The molecule has 0 aliphatic carbocycles. The highest BCUT2D eigenvalue weighted by Crippen LogP contribution is 2.29. The third-order valence-corrected chi connectivity index (χ3v) is 2.84. The molecule has 0 amide bonds. The zero-order valence-corrected chi connectivity index (χ0v) is 8.76. The topological polar surface area (TPSA) is 27.1 Å². The van der Waals surface area contributed by atoms with E-state index in [0.29, 0.717) is 19.3 Å². The van der Waals surface area contributed by atoms with E-state index in [9.17, 15) is 0 Å². The number of hydrogen-bond acceptors (Lipinski definition) is 2. The van der Waals surface area contributed by atoms with Gasteiger partial charge in [0, 0.05) is 11.6 Å². The molecule has 0 unspecified atom stereocenters. The van der Waals surface area contributed by atoms with Crippen LogP contribution in [0.4, 0.5) is 0 Å². The lowest BCUT2D eigenvalue weighted by Gasteiger charge is -2.07. The van der Waals surface area contributed by atoms with E-state index in [1.54, 1.807) is 0 Å². The van der Waals surface area contributed by atoms with E-state index in [1.165, 1.54) is 5.56 Å². The van der Waals surface area contributed by atoms with Crippen molar-refractivity contribution >= 4 is 15.9 Å². The van der Waals surface area contributed by atoms with Gasteiger partial charge in [-0.15, -0.1) is 0 Å². The largest absolute Gasteiger partial charge is 0.370 e. The van der Waals surface area contributed by atoms with Crippen LogP contribution in [0.25, 0.3) is 0 Å². The van der Waals surface area contributed by atoms with Gasteiger partial charge in [0.05, 0.1) is 18.9 Å². The molecule has 4 heteroatoms. The summed E-state index contributed by atoms with van der Waals surface area (Å²) in [4.78, 5) is 0. The molecule has 0 radical (unpaired) electrons. The molecule has 2 rings (SSSR count). The third-order valence-electron chi connectivity index (χ3n) is 2.00. The second-order valence-corrected chi connectivity index (χ2v) is 4.00. The van der Waals surface area contributed by atoms with Gasteiger partial charge in [-0.1, -0.05) is 0 Å². The van der Waals surface area contributed by atoms with Gasteiger partial charge in [0.15, 0.2) is 0 Å². The fourth-order valence-corrected chi connectivity index (χ4v) is 2.17. The fourth-order valence-electron chi connectivity index (χ4n) is 1.34. The number of hydrogen-bond donors (Lipinski definition) is 0. The van der Waals surface area contributed by atoms with Gasteiger partial charge in [0.1, 0.15) is 4.60 Å². The van der Waals surface area contributed by atoms with E-state index in [-0.39, 0.29) is 0 Å². The number of nitrogens with zero attached hydrogens (tertiary/aromatic N) is 2. The molecule has 0 spiro atoms. The Bertz CT molecular complexity index is 306. The lowest BCUT2D eigenvalue weighted by molar-refractivity contribution is 0.130. The first-order valence-corrected chi connectivity index (χ1v) is 4.83. The summed E-state index contributed by atoms with van der Waals surface area (Å²) >= 11 is 3.52. The first-order valence-electron chi connectivity index (χ1n) is 4.03. The average Bonchev–Trinajstić information content (AvgIpc) is 2.53. The smallest absolute Gasteiger partial charge is 0.110 e. The lowest BCUT2D eigenvalue weighted by atomic mass is 10.3. The summed E-state index contributed by atoms with van der Waals surface area (Å²) in [5.74, 6) is 0. The van der Waals surface area contributed by atoms with Crippen molar-refractivity contribution in [3.8, 4) is 0 Å². The van der Waals surface area contributed by atoms with E-state index in [2.05, 4.69) is 34.9 Å². The Hall–Kier alpha value is -0.350. The summed E-state index contributed by atoms with van der Waals surface area (Å²) in [7, 11) is 0. The normalized spacial score (nSPS) is 15.7. The van der Waals surface area contributed by atoms with Gasteiger partial charge in [-0.05, 0) is 29.8 Å². The molecular formula is C8H11BrN2O. The average molecular weight is 231 g/mol. The van der Waals surface area contributed by atoms with Crippen LogP contribution in [0.5, 0.6) is 0 Å².